The van der Waals surface area contributed by atoms with Crippen molar-refractivity contribution < 1.29 is 8.81 Å². The number of aromatic nitrogens is 2. The maximum absolute atomic E-state index is 13.5. The first kappa shape index (κ1) is 13.5. The van der Waals surface area contributed by atoms with Crippen LogP contribution < -0.4 is 10.6 Å². The Kier molecular flexibility index (Phi) is 4.11. The predicted molar refractivity (Wildman–Crippen MR) is 70.2 cm³/mol. The van der Waals surface area contributed by atoms with Crippen LogP contribution in [0.1, 0.15) is 30.0 Å². The minimum Gasteiger partial charge on any atom is -0.407 e. The summed E-state index contributed by atoms with van der Waals surface area (Å²) in [6.07, 6.45) is 0. The summed E-state index contributed by atoms with van der Waals surface area (Å²) in [4.78, 5) is 0. The maximum atomic E-state index is 13.5. The Labute approximate surface area is 111 Å². The molecule has 0 amide bonds. The molecule has 0 aliphatic carbocycles. The van der Waals surface area contributed by atoms with Crippen LogP contribution in [-0.2, 0) is 6.54 Å². The van der Waals surface area contributed by atoms with Crippen molar-refractivity contribution in [3.8, 4) is 0 Å². The topological polar surface area (TPSA) is 63.0 Å². The summed E-state index contributed by atoms with van der Waals surface area (Å²) in [5, 5.41) is 13.7. The van der Waals surface area contributed by atoms with Gasteiger partial charge in [0.2, 0.25) is 5.89 Å². The van der Waals surface area contributed by atoms with Crippen LogP contribution in [0.5, 0.6) is 0 Å². The lowest BCUT2D eigenvalue weighted by molar-refractivity contribution is 0.486. The number of nitrogens with zero attached hydrogens (tertiary/aromatic N) is 2. The van der Waals surface area contributed by atoms with E-state index in [1.165, 1.54) is 6.07 Å². The molecule has 0 fully saturated rings. The zero-order valence-corrected chi connectivity index (χ0v) is 11.2. The molecule has 1 heterocycles. The van der Waals surface area contributed by atoms with Gasteiger partial charge in [0, 0.05) is 0 Å². The Morgan fingerprint density at radius 2 is 2.16 bits per heavy atom. The summed E-state index contributed by atoms with van der Waals surface area (Å²) >= 11 is 0. The second-order valence-corrected chi connectivity index (χ2v) is 4.41. The van der Waals surface area contributed by atoms with Crippen molar-refractivity contribution in [2.24, 2.45) is 0 Å². The minimum atomic E-state index is -0.215. The van der Waals surface area contributed by atoms with Crippen molar-refractivity contribution in [3.63, 3.8) is 0 Å². The van der Waals surface area contributed by atoms with Crippen molar-refractivity contribution in [1.29, 1.82) is 0 Å². The van der Waals surface area contributed by atoms with E-state index in [-0.39, 0.29) is 11.9 Å². The molecule has 1 aromatic carbocycles. The Morgan fingerprint density at radius 3 is 2.84 bits per heavy atom. The van der Waals surface area contributed by atoms with Gasteiger partial charge in [-0.25, -0.2) is 4.39 Å². The van der Waals surface area contributed by atoms with Gasteiger partial charge in [-0.1, -0.05) is 17.2 Å². The van der Waals surface area contributed by atoms with Crippen molar-refractivity contribution in [1.82, 2.24) is 15.5 Å². The van der Waals surface area contributed by atoms with Gasteiger partial charge in [-0.3, -0.25) is 0 Å². The molecule has 102 valence electrons. The van der Waals surface area contributed by atoms with Gasteiger partial charge >= 0.3 is 6.01 Å². The second-order valence-electron chi connectivity index (χ2n) is 4.41. The fourth-order valence-electron chi connectivity index (χ4n) is 1.68. The maximum Gasteiger partial charge on any atom is 0.315 e. The first-order valence-electron chi connectivity index (χ1n) is 6.09. The number of hydrogen-bond donors (Lipinski definition) is 2. The molecule has 0 aliphatic heterocycles. The molecule has 2 aromatic rings. The molecule has 0 bridgehead atoms. The van der Waals surface area contributed by atoms with Crippen molar-refractivity contribution in [3.05, 3.63) is 41.0 Å². The highest BCUT2D eigenvalue weighted by Gasteiger charge is 2.11. The van der Waals surface area contributed by atoms with Crippen LogP contribution in [0.2, 0.25) is 0 Å². The van der Waals surface area contributed by atoms with Crippen molar-refractivity contribution in [2.75, 3.05) is 12.4 Å². The van der Waals surface area contributed by atoms with Gasteiger partial charge in [-0.15, -0.1) is 5.10 Å². The third kappa shape index (κ3) is 3.29. The number of nitrogens with one attached hydrogen (secondary N) is 2. The number of aryl methyl sites for hydroxylation is 1. The minimum absolute atomic E-state index is 0.113. The number of halogens is 1. The summed E-state index contributed by atoms with van der Waals surface area (Å²) in [6, 6.07) is 5.36. The number of rotatable bonds is 5. The lowest BCUT2D eigenvalue weighted by Gasteiger charge is -2.12. The third-order valence-corrected chi connectivity index (χ3v) is 2.83. The Hall–Kier alpha value is -1.95. The zero-order valence-electron chi connectivity index (χ0n) is 11.2. The molecule has 0 aliphatic rings. The molecule has 0 saturated heterocycles. The van der Waals surface area contributed by atoms with Gasteiger partial charge in [0.1, 0.15) is 5.82 Å². The number of hydrogen-bond acceptors (Lipinski definition) is 5. The molecule has 2 rings (SSSR count). The quantitative estimate of drug-likeness (QED) is 0.868. The molecule has 0 spiro atoms. The van der Waals surface area contributed by atoms with E-state index in [0.717, 1.165) is 5.56 Å². The Bertz CT molecular complexity index is 555. The number of benzene rings is 1. The second kappa shape index (κ2) is 5.79. The normalized spacial score (nSPS) is 12.4. The lowest BCUT2D eigenvalue weighted by atomic mass is 10.1. The molecule has 1 atom stereocenters. The smallest absolute Gasteiger partial charge is 0.315 e. The number of anilines is 1. The van der Waals surface area contributed by atoms with Gasteiger partial charge in [0.05, 0.1) is 12.6 Å². The molecule has 1 unspecified atom stereocenters. The molecule has 0 saturated carbocycles. The zero-order chi connectivity index (χ0) is 13.8. The van der Waals surface area contributed by atoms with E-state index in [2.05, 4.69) is 20.8 Å². The van der Waals surface area contributed by atoms with E-state index in [0.29, 0.717) is 24.0 Å². The van der Waals surface area contributed by atoms with E-state index < -0.39 is 0 Å². The SMILES string of the molecule is CNCc1nnc(NC(C)c2ccc(C)c(F)c2)o1. The molecule has 5 nitrogen and oxygen atoms in total. The van der Waals surface area contributed by atoms with Crippen LogP contribution in [0.4, 0.5) is 10.4 Å². The van der Waals surface area contributed by atoms with Gasteiger partial charge in [-0.2, -0.15) is 0 Å². The summed E-state index contributed by atoms with van der Waals surface area (Å²) in [7, 11) is 1.80. The first-order chi connectivity index (χ1) is 9.10. The fraction of sp³-hybridized carbons (Fsp3) is 0.385. The van der Waals surface area contributed by atoms with E-state index >= 15 is 0 Å². The third-order valence-electron chi connectivity index (χ3n) is 2.83. The first-order valence-corrected chi connectivity index (χ1v) is 6.09. The highest BCUT2D eigenvalue weighted by atomic mass is 19.1. The van der Waals surface area contributed by atoms with Crippen LogP contribution in [0.15, 0.2) is 22.6 Å². The molecular weight excluding hydrogens is 247 g/mol. The van der Waals surface area contributed by atoms with Crippen molar-refractivity contribution in [2.45, 2.75) is 26.4 Å². The van der Waals surface area contributed by atoms with E-state index in [1.54, 1.807) is 20.0 Å². The van der Waals surface area contributed by atoms with Crippen LogP contribution in [0.25, 0.3) is 0 Å². The van der Waals surface area contributed by atoms with E-state index in [9.17, 15) is 4.39 Å². The molecule has 2 N–H and O–H groups in total. The monoisotopic (exact) mass is 264 g/mol. The average molecular weight is 264 g/mol. The van der Waals surface area contributed by atoms with Gasteiger partial charge in [-0.05, 0) is 38.1 Å². The molecule has 19 heavy (non-hydrogen) atoms. The standard InChI is InChI=1S/C13H17FN4O/c1-8-4-5-10(6-11(8)14)9(2)16-13-18-17-12(19-13)7-15-3/h4-6,9,15H,7H2,1-3H3,(H,16,18). The predicted octanol–water partition coefficient (Wildman–Crippen LogP) is 2.41. The van der Waals surface area contributed by atoms with E-state index in [4.69, 9.17) is 4.42 Å². The summed E-state index contributed by atoms with van der Waals surface area (Å²) in [6.45, 7) is 4.16. The highest BCUT2D eigenvalue weighted by molar-refractivity contribution is 5.31. The Balaban J connectivity index is 2.06. The van der Waals surface area contributed by atoms with Crippen molar-refractivity contribution >= 4 is 6.01 Å². The van der Waals surface area contributed by atoms with Crippen LogP contribution in [-0.4, -0.2) is 17.2 Å². The molecular formula is C13H17FN4O. The molecule has 6 heteroatoms. The Morgan fingerprint density at radius 1 is 1.37 bits per heavy atom. The van der Waals surface area contributed by atoms with Crippen LogP contribution in [0.3, 0.4) is 0 Å². The largest absolute Gasteiger partial charge is 0.407 e. The van der Waals surface area contributed by atoms with Crippen LogP contribution in [0, 0.1) is 12.7 Å². The summed E-state index contributed by atoms with van der Waals surface area (Å²) < 4.78 is 18.9. The lowest BCUT2D eigenvalue weighted by Crippen LogP contribution is -2.07. The van der Waals surface area contributed by atoms with Gasteiger partial charge < -0.3 is 15.1 Å². The average Bonchev–Trinajstić information content (AvgIpc) is 2.80. The van der Waals surface area contributed by atoms with Crippen LogP contribution >= 0.6 is 0 Å². The molecule has 1 aromatic heterocycles. The summed E-state index contributed by atoms with van der Waals surface area (Å²) in [5.74, 6) is 0.292. The van der Waals surface area contributed by atoms with E-state index in [1.807, 2.05) is 13.0 Å². The van der Waals surface area contributed by atoms with Gasteiger partial charge in [0.25, 0.3) is 0 Å². The van der Waals surface area contributed by atoms with Gasteiger partial charge in [0.15, 0.2) is 0 Å². The highest BCUT2D eigenvalue weighted by Crippen LogP contribution is 2.20. The molecule has 0 radical (unpaired) electrons. The fourth-order valence-corrected chi connectivity index (χ4v) is 1.68. The summed E-state index contributed by atoms with van der Waals surface area (Å²) in [5.41, 5.74) is 1.46.